The van der Waals surface area contributed by atoms with Crippen LogP contribution in [0.25, 0.3) is 27.7 Å². The zero-order chi connectivity index (χ0) is 60.5. The third kappa shape index (κ3) is 8.78. The number of benzene rings is 8. The van der Waals surface area contributed by atoms with Crippen LogP contribution in [0, 0.1) is 0 Å². The van der Waals surface area contributed by atoms with Crippen LogP contribution >= 0.6 is 0 Å². The number of fused-ring (bicyclic) bond motifs is 8. The SMILES string of the molecule is CC(C)(C)c1ccc(N(c2ccc(C(C)(C)C)cc2)c2cc3c4c(c2)N2c5c(cc(C(C)(C)C)cc5C5(C)CCCCC25C)B4C2=C(N3c3c(-c4ccccc4)cc(C(C)(C)C)cc3-c3ccccc3)C(C)(C)c3cc(C(C)(C)C)ccc32)cc1. The number of hydrogen-bond acceptors (Lipinski definition) is 3. The van der Waals surface area contributed by atoms with E-state index in [9.17, 15) is 0 Å². The predicted molar refractivity (Wildman–Crippen MR) is 368 cm³/mol. The van der Waals surface area contributed by atoms with Gasteiger partial charge < -0.3 is 14.7 Å². The van der Waals surface area contributed by atoms with Crippen molar-refractivity contribution in [3.63, 3.8) is 0 Å². The predicted octanol–water partition coefficient (Wildman–Crippen LogP) is 21.0. The first-order valence-corrected chi connectivity index (χ1v) is 32.0. The normalized spacial score (nSPS) is 19.6. The first kappa shape index (κ1) is 57.1. The van der Waals surface area contributed by atoms with Gasteiger partial charge in [-0.25, -0.2) is 0 Å². The molecule has 8 aromatic rings. The third-order valence-electron chi connectivity index (χ3n) is 21.1. The van der Waals surface area contributed by atoms with Crippen LogP contribution in [0.15, 0.2) is 169 Å². The van der Waals surface area contributed by atoms with Crippen LogP contribution in [0.4, 0.5) is 39.8 Å². The smallest absolute Gasteiger partial charge is 0.252 e. The Morgan fingerprint density at radius 1 is 0.412 bits per heavy atom. The fourth-order valence-electron chi connectivity index (χ4n) is 15.8. The molecule has 8 aromatic carbocycles. The third-order valence-corrected chi connectivity index (χ3v) is 21.1. The lowest BCUT2D eigenvalue weighted by atomic mass is 9.32. The zero-order valence-electron chi connectivity index (χ0n) is 54.8. The summed E-state index contributed by atoms with van der Waals surface area (Å²) in [6.07, 6.45) is 4.71. The fourth-order valence-corrected chi connectivity index (χ4v) is 15.8. The van der Waals surface area contributed by atoms with Gasteiger partial charge in [0.2, 0.25) is 0 Å². The second-order valence-electron chi connectivity index (χ2n) is 32.3. The molecule has 0 saturated heterocycles. The largest absolute Gasteiger partial charge is 0.335 e. The summed E-state index contributed by atoms with van der Waals surface area (Å²) in [6, 6.07) is 65.1. The highest BCUT2D eigenvalue weighted by atomic mass is 15.3. The van der Waals surface area contributed by atoms with Crippen LogP contribution in [-0.4, -0.2) is 12.3 Å². The van der Waals surface area contributed by atoms with Gasteiger partial charge in [0.15, 0.2) is 0 Å². The highest BCUT2D eigenvalue weighted by molar-refractivity contribution is 7.03. The van der Waals surface area contributed by atoms with E-state index in [-0.39, 0.29) is 44.7 Å². The van der Waals surface area contributed by atoms with Gasteiger partial charge in [0.1, 0.15) is 0 Å². The van der Waals surface area contributed by atoms with Gasteiger partial charge in [-0.2, -0.15) is 0 Å². The molecule has 0 amide bonds. The quantitative estimate of drug-likeness (QED) is 0.154. The monoisotopic (exact) mass is 1120 g/mol. The van der Waals surface area contributed by atoms with E-state index in [2.05, 4.69) is 310 Å². The maximum Gasteiger partial charge on any atom is 0.252 e. The maximum atomic E-state index is 2.96. The first-order chi connectivity index (χ1) is 39.8. The number of hydrogen-bond donors (Lipinski definition) is 0. The molecule has 1 saturated carbocycles. The Kier molecular flexibility index (Phi) is 12.7. The van der Waals surface area contributed by atoms with Crippen molar-refractivity contribution in [2.45, 2.75) is 201 Å². The Hall–Kier alpha value is -7.04. The van der Waals surface area contributed by atoms with Crippen LogP contribution in [0.1, 0.15) is 202 Å². The van der Waals surface area contributed by atoms with Crippen LogP contribution in [0.3, 0.4) is 0 Å². The standard InChI is InChI=1S/C81H92BN3/c1-74(2,3)53-32-37-58(38-33-53)83(59-39-34-54(35-40-59)75(4,5)6)60-49-67-70-68(50-60)85-72-65(80(18)42-26-27-43-81(80,85)19)47-57(78(13,14)15)48-66(72)82(70)69-61-41-36-55(76(7,8)9)46-64(61)79(16,17)73(69)84(67)71-62(51-28-22-20-23-29-51)44-56(77(10,11)12)45-63(71)52-30-24-21-25-31-52/h20-25,28-41,44-50H,26-27,42-43H2,1-19H3. The van der Waals surface area contributed by atoms with Crippen LogP contribution < -0.4 is 25.6 Å². The molecule has 4 heteroatoms. The average Bonchev–Trinajstić information content (AvgIpc) is 1.65. The van der Waals surface area contributed by atoms with Gasteiger partial charge in [-0.1, -0.05) is 253 Å². The van der Waals surface area contributed by atoms with Gasteiger partial charge in [0.05, 0.1) is 16.9 Å². The van der Waals surface area contributed by atoms with Crippen molar-refractivity contribution < 1.29 is 0 Å². The molecule has 5 aliphatic rings. The molecule has 1 fully saturated rings. The van der Waals surface area contributed by atoms with Gasteiger partial charge in [-0.3, -0.25) is 0 Å². The molecule has 2 aliphatic carbocycles. The highest BCUT2D eigenvalue weighted by Crippen LogP contribution is 2.65. The molecule has 3 aliphatic heterocycles. The van der Waals surface area contributed by atoms with Crippen molar-refractivity contribution in [1.82, 2.24) is 0 Å². The minimum Gasteiger partial charge on any atom is -0.335 e. The van der Waals surface area contributed by atoms with Crippen molar-refractivity contribution in [1.29, 1.82) is 0 Å². The van der Waals surface area contributed by atoms with Gasteiger partial charge in [0.25, 0.3) is 6.71 Å². The van der Waals surface area contributed by atoms with E-state index < -0.39 is 5.41 Å². The van der Waals surface area contributed by atoms with E-state index in [1.54, 1.807) is 5.56 Å². The molecule has 3 nitrogen and oxygen atoms in total. The summed E-state index contributed by atoms with van der Waals surface area (Å²) in [6.45, 7) is 45.9. The van der Waals surface area contributed by atoms with Gasteiger partial charge in [-0.05, 0) is 167 Å². The van der Waals surface area contributed by atoms with Crippen LogP contribution in [-0.2, 0) is 37.9 Å². The summed E-state index contributed by atoms with van der Waals surface area (Å²) in [7, 11) is 0. The lowest BCUT2D eigenvalue weighted by Gasteiger charge is -2.53. The number of rotatable bonds is 6. The second-order valence-corrected chi connectivity index (χ2v) is 32.3. The molecule has 0 aromatic heterocycles. The Balaban J connectivity index is 1.25. The molecule has 0 radical (unpaired) electrons. The van der Waals surface area contributed by atoms with Gasteiger partial charge >= 0.3 is 0 Å². The van der Waals surface area contributed by atoms with Crippen molar-refractivity contribution in [2.24, 2.45) is 0 Å². The summed E-state index contributed by atoms with van der Waals surface area (Å²) < 4.78 is 0. The summed E-state index contributed by atoms with van der Waals surface area (Å²) >= 11 is 0. The lowest BCUT2D eigenvalue weighted by Crippen LogP contribution is -2.61. The van der Waals surface area contributed by atoms with E-state index in [4.69, 9.17) is 0 Å². The molecular formula is C81H92BN3. The minimum absolute atomic E-state index is 0.000775. The maximum absolute atomic E-state index is 2.96. The van der Waals surface area contributed by atoms with Crippen molar-refractivity contribution in [3.05, 3.63) is 214 Å². The first-order valence-electron chi connectivity index (χ1n) is 32.0. The number of nitrogens with zero attached hydrogens (tertiary/aromatic N) is 3. The Morgan fingerprint density at radius 2 is 0.871 bits per heavy atom. The highest BCUT2D eigenvalue weighted by Gasteiger charge is 2.63. The van der Waals surface area contributed by atoms with E-state index in [1.807, 2.05) is 0 Å². The Bertz CT molecular complexity index is 3900. The van der Waals surface area contributed by atoms with E-state index in [0.717, 1.165) is 29.9 Å². The molecule has 0 N–H and O–H groups in total. The molecule has 0 spiro atoms. The van der Waals surface area contributed by atoms with Crippen molar-refractivity contribution in [3.8, 4) is 22.3 Å². The van der Waals surface area contributed by atoms with Gasteiger partial charge in [-0.15, -0.1) is 0 Å². The van der Waals surface area contributed by atoms with Crippen molar-refractivity contribution >= 4 is 62.9 Å². The summed E-state index contributed by atoms with van der Waals surface area (Å²) in [4.78, 5) is 8.41. The molecule has 3 heterocycles. The molecule has 0 bridgehead atoms. The second kappa shape index (κ2) is 19.0. The van der Waals surface area contributed by atoms with Gasteiger partial charge in [0, 0.05) is 56.1 Å². The molecule has 2 atom stereocenters. The number of anilines is 7. The van der Waals surface area contributed by atoms with Crippen LogP contribution in [0.2, 0.25) is 0 Å². The zero-order valence-corrected chi connectivity index (χ0v) is 54.8. The summed E-state index contributed by atoms with van der Waals surface area (Å²) in [5, 5.41) is 0. The van der Waals surface area contributed by atoms with E-state index in [1.165, 1.54) is 119 Å². The molecular weight excluding hydrogens is 1030 g/mol. The van der Waals surface area contributed by atoms with Crippen molar-refractivity contribution in [2.75, 3.05) is 14.7 Å². The summed E-state index contributed by atoms with van der Waals surface area (Å²) in [5.41, 5.74) is 29.5. The number of allylic oxidation sites excluding steroid dienone is 1. The summed E-state index contributed by atoms with van der Waals surface area (Å²) in [5.74, 6) is 0. The Labute approximate surface area is 511 Å². The van der Waals surface area contributed by atoms with Crippen LogP contribution in [0.5, 0.6) is 0 Å². The van der Waals surface area contributed by atoms with E-state index >= 15 is 0 Å². The van der Waals surface area contributed by atoms with E-state index in [0.29, 0.717) is 0 Å². The lowest BCUT2D eigenvalue weighted by molar-refractivity contribution is 0.195. The minimum atomic E-state index is -0.441. The molecule has 13 rings (SSSR count). The fraction of sp³-hybridized carbons (Fsp3) is 0.383. The molecule has 2 unspecified atom stereocenters. The molecule has 434 valence electrons. The topological polar surface area (TPSA) is 9.72 Å². The Morgan fingerprint density at radius 3 is 1.38 bits per heavy atom. The molecule has 85 heavy (non-hydrogen) atoms. The average molecular weight is 1120 g/mol.